The number of aromatic nitrogens is 1. The molecule has 0 aliphatic rings. The molecule has 0 aliphatic carbocycles. The van der Waals surface area contributed by atoms with Crippen LogP contribution in [0.4, 0.5) is 5.69 Å². The van der Waals surface area contributed by atoms with Crippen LogP contribution in [0.2, 0.25) is 0 Å². The van der Waals surface area contributed by atoms with Gasteiger partial charge in [0.1, 0.15) is 0 Å². The highest BCUT2D eigenvalue weighted by Gasteiger charge is 1.96. The maximum atomic E-state index is 8.73. The molecule has 1 aromatic heterocycles. The van der Waals surface area contributed by atoms with E-state index in [0.29, 0.717) is 5.56 Å². The van der Waals surface area contributed by atoms with E-state index >= 15 is 0 Å². The Hall–Kier alpha value is -2.86. The fraction of sp³-hybridized carbons (Fsp3) is 0. The van der Waals surface area contributed by atoms with Gasteiger partial charge in [0.15, 0.2) is 0 Å². The Labute approximate surface area is 111 Å². The van der Waals surface area contributed by atoms with Crippen molar-refractivity contribution >= 4 is 22.9 Å². The third-order valence-electron chi connectivity index (χ3n) is 2.96. The van der Waals surface area contributed by atoms with Crippen LogP contribution in [0.3, 0.4) is 0 Å². The fourth-order valence-corrected chi connectivity index (χ4v) is 1.96. The molecule has 1 heterocycles. The van der Waals surface area contributed by atoms with Crippen LogP contribution in [0.5, 0.6) is 0 Å². The number of para-hydroxylation sites is 1. The maximum Gasteiger partial charge on any atom is 0.0998 e. The molecule has 0 radical (unpaired) electrons. The Morgan fingerprint density at radius 2 is 1.79 bits per heavy atom. The molecular weight excluding hydrogens is 234 g/mol. The zero-order chi connectivity index (χ0) is 13.1. The Balaban J connectivity index is 1.91. The average molecular weight is 245 g/mol. The highest BCUT2D eigenvalue weighted by Crippen LogP contribution is 2.15. The van der Waals surface area contributed by atoms with Crippen molar-refractivity contribution < 1.29 is 0 Å². The van der Waals surface area contributed by atoms with E-state index in [-0.39, 0.29) is 0 Å². The lowest BCUT2D eigenvalue weighted by atomic mass is 10.2. The van der Waals surface area contributed by atoms with Gasteiger partial charge in [0.05, 0.1) is 29.2 Å². The lowest BCUT2D eigenvalue weighted by Crippen LogP contribution is -1.91. The van der Waals surface area contributed by atoms with Gasteiger partial charge in [-0.2, -0.15) is 5.26 Å². The molecular formula is C16H11N3. The van der Waals surface area contributed by atoms with Crippen molar-refractivity contribution in [3.63, 3.8) is 0 Å². The first kappa shape index (κ1) is 11.2. The zero-order valence-corrected chi connectivity index (χ0v) is 10.2. The highest BCUT2D eigenvalue weighted by molar-refractivity contribution is 5.86. The van der Waals surface area contributed by atoms with Gasteiger partial charge in [-0.15, -0.1) is 0 Å². The molecule has 3 heteroatoms. The van der Waals surface area contributed by atoms with E-state index in [2.05, 4.69) is 29.3 Å². The molecule has 0 saturated heterocycles. The van der Waals surface area contributed by atoms with Crippen LogP contribution < -0.4 is 0 Å². The van der Waals surface area contributed by atoms with E-state index in [1.807, 2.05) is 35.0 Å². The minimum Gasteiger partial charge on any atom is -0.307 e. The summed E-state index contributed by atoms with van der Waals surface area (Å²) in [6.45, 7) is 0. The number of fused-ring (bicyclic) bond motifs is 1. The molecule has 0 amide bonds. The number of benzene rings is 2. The number of hydrogen-bond acceptors (Lipinski definition) is 2. The van der Waals surface area contributed by atoms with E-state index in [1.54, 1.807) is 18.5 Å². The van der Waals surface area contributed by atoms with Gasteiger partial charge in [-0.1, -0.05) is 18.2 Å². The first-order valence-electron chi connectivity index (χ1n) is 5.97. The Morgan fingerprint density at radius 1 is 1.00 bits per heavy atom. The fourth-order valence-electron chi connectivity index (χ4n) is 1.96. The predicted molar refractivity (Wildman–Crippen MR) is 76.6 cm³/mol. The molecule has 0 aliphatic heterocycles. The number of rotatable bonds is 2. The van der Waals surface area contributed by atoms with Gasteiger partial charge in [0, 0.05) is 6.20 Å². The lowest BCUT2D eigenvalue weighted by Gasteiger charge is -1.97. The second kappa shape index (κ2) is 4.79. The summed E-state index contributed by atoms with van der Waals surface area (Å²) in [6.07, 6.45) is 3.77. The van der Waals surface area contributed by atoms with Crippen LogP contribution in [0.1, 0.15) is 5.56 Å². The van der Waals surface area contributed by atoms with Crippen LogP contribution in [-0.2, 0) is 0 Å². The number of nitriles is 1. The summed E-state index contributed by atoms with van der Waals surface area (Å²) in [5, 5.41) is 9.92. The highest BCUT2D eigenvalue weighted by atomic mass is 15.0. The van der Waals surface area contributed by atoms with Crippen LogP contribution in [0.25, 0.3) is 10.9 Å². The number of hydrogen-bond donors (Lipinski definition) is 0. The number of aliphatic imine (C=N–C) groups is 1. The Bertz CT molecular complexity index is 774. The Kier molecular flexibility index (Phi) is 2.83. The molecule has 0 atom stereocenters. The van der Waals surface area contributed by atoms with Gasteiger partial charge < -0.3 is 4.57 Å². The van der Waals surface area contributed by atoms with Crippen molar-refractivity contribution in [3.05, 3.63) is 66.4 Å². The zero-order valence-electron chi connectivity index (χ0n) is 10.2. The van der Waals surface area contributed by atoms with Crippen LogP contribution in [-0.4, -0.2) is 10.9 Å². The van der Waals surface area contributed by atoms with E-state index in [9.17, 15) is 0 Å². The molecule has 3 nitrogen and oxygen atoms in total. The first-order chi connectivity index (χ1) is 9.36. The summed E-state index contributed by atoms with van der Waals surface area (Å²) in [6, 6.07) is 19.5. The van der Waals surface area contributed by atoms with E-state index in [4.69, 9.17) is 5.26 Å². The average Bonchev–Trinajstić information content (AvgIpc) is 2.89. The quantitative estimate of drug-likeness (QED) is 0.501. The van der Waals surface area contributed by atoms with Gasteiger partial charge >= 0.3 is 0 Å². The minimum absolute atomic E-state index is 0.644. The molecule has 3 aromatic rings. The van der Waals surface area contributed by atoms with Crippen molar-refractivity contribution in [2.24, 2.45) is 4.99 Å². The van der Waals surface area contributed by atoms with Crippen molar-refractivity contribution in [1.82, 2.24) is 4.57 Å². The van der Waals surface area contributed by atoms with Crippen LogP contribution in [0.15, 0.2) is 65.8 Å². The molecule has 0 spiro atoms. The van der Waals surface area contributed by atoms with Crippen LogP contribution >= 0.6 is 0 Å². The SMILES string of the molecule is N#Cc1ccc(N=Cn2ccc3ccccc32)cc1. The molecule has 0 fully saturated rings. The smallest absolute Gasteiger partial charge is 0.0998 e. The van der Waals surface area contributed by atoms with Crippen molar-refractivity contribution in [1.29, 1.82) is 5.26 Å². The molecule has 3 rings (SSSR count). The summed E-state index contributed by atoms with van der Waals surface area (Å²) in [7, 11) is 0. The summed E-state index contributed by atoms with van der Waals surface area (Å²) in [5.74, 6) is 0. The monoisotopic (exact) mass is 245 g/mol. The van der Waals surface area contributed by atoms with E-state index < -0.39 is 0 Å². The van der Waals surface area contributed by atoms with Crippen molar-refractivity contribution in [3.8, 4) is 6.07 Å². The second-order valence-corrected chi connectivity index (χ2v) is 4.19. The Morgan fingerprint density at radius 3 is 2.58 bits per heavy atom. The van der Waals surface area contributed by atoms with Crippen molar-refractivity contribution in [2.45, 2.75) is 0 Å². The summed E-state index contributed by atoms with van der Waals surface area (Å²) >= 11 is 0. The first-order valence-corrected chi connectivity index (χ1v) is 5.97. The third-order valence-corrected chi connectivity index (χ3v) is 2.96. The largest absolute Gasteiger partial charge is 0.307 e. The van der Waals surface area contributed by atoms with E-state index in [0.717, 1.165) is 11.2 Å². The second-order valence-electron chi connectivity index (χ2n) is 4.19. The maximum absolute atomic E-state index is 8.73. The topological polar surface area (TPSA) is 41.1 Å². The standard InChI is InChI=1S/C16H11N3/c17-11-13-5-7-15(8-6-13)18-12-19-10-9-14-3-1-2-4-16(14)19/h1-10,12H. The molecule has 0 saturated carbocycles. The molecule has 19 heavy (non-hydrogen) atoms. The van der Waals surface area contributed by atoms with Gasteiger partial charge in [0.2, 0.25) is 0 Å². The van der Waals surface area contributed by atoms with Gasteiger partial charge in [0.25, 0.3) is 0 Å². The normalized spacial score (nSPS) is 10.9. The molecule has 2 aromatic carbocycles. The summed E-state index contributed by atoms with van der Waals surface area (Å²) in [4.78, 5) is 4.40. The minimum atomic E-state index is 0.644. The molecule has 90 valence electrons. The van der Waals surface area contributed by atoms with Gasteiger partial charge in [-0.05, 0) is 41.8 Å². The third kappa shape index (κ3) is 2.24. The van der Waals surface area contributed by atoms with Crippen LogP contribution in [0, 0.1) is 11.3 Å². The summed E-state index contributed by atoms with van der Waals surface area (Å²) in [5.41, 5.74) is 2.60. The summed E-state index contributed by atoms with van der Waals surface area (Å²) < 4.78 is 1.98. The predicted octanol–water partition coefficient (Wildman–Crippen LogP) is 3.72. The number of nitrogens with zero attached hydrogens (tertiary/aromatic N) is 3. The van der Waals surface area contributed by atoms with E-state index in [1.165, 1.54) is 5.39 Å². The van der Waals surface area contributed by atoms with Crippen molar-refractivity contribution in [2.75, 3.05) is 0 Å². The molecule has 0 bridgehead atoms. The molecule has 0 unspecified atom stereocenters. The van der Waals surface area contributed by atoms with Gasteiger partial charge in [-0.3, -0.25) is 0 Å². The van der Waals surface area contributed by atoms with Gasteiger partial charge in [-0.25, -0.2) is 4.99 Å². The molecule has 0 N–H and O–H groups in total. The lowest BCUT2D eigenvalue weighted by molar-refractivity contribution is 1.25.